The average Bonchev–Trinajstić information content (AvgIpc) is 3.10. The molecule has 1 atom stereocenters. The molecule has 0 saturated heterocycles. The summed E-state index contributed by atoms with van der Waals surface area (Å²) >= 11 is 0. The molecular formula is C21H24FN5O3. The van der Waals surface area contributed by atoms with E-state index < -0.39 is 17.6 Å². The second kappa shape index (κ2) is 8.02. The lowest BCUT2D eigenvalue weighted by Gasteiger charge is -2.26. The van der Waals surface area contributed by atoms with Gasteiger partial charge in [-0.1, -0.05) is 0 Å². The fraction of sp³-hybridized carbons (Fsp3) is 0.286. The smallest absolute Gasteiger partial charge is 0.255 e. The minimum atomic E-state index is -1.55. The molecule has 30 heavy (non-hydrogen) atoms. The van der Waals surface area contributed by atoms with E-state index in [1.807, 2.05) is 0 Å². The molecule has 0 unspecified atom stereocenters. The van der Waals surface area contributed by atoms with Crippen LogP contribution in [-0.4, -0.2) is 40.2 Å². The van der Waals surface area contributed by atoms with Crippen LogP contribution in [0.5, 0.6) is 5.75 Å². The van der Waals surface area contributed by atoms with Crippen LogP contribution >= 0.6 is 0 Å². The van der Waals surface area contributed by atoms with Gasteiger partial charge in [0.2, 0.25) is 0 Å². The van der Waals surface area contributed by atoms with E-state index in [0.717, 1.165) is 0 Å². The van der Waals surface area contributed by atoms with Gasteiger partial charge in [0.25, 0.3) is 11.8 Å². The number of ether oxygens (including phenoxy) is 1. The van der Waals surface area contributed by atoms with Crippen LogP contribution in [0.15, 0.2) is 42.7 Å². The van der Waals surface area contributed by atoms with E-state index in [1.54, 1.807) is 50.6 Å². The minimum Gasteiger partial charge on any atom is -0.497 e. The summed E-state index contributed by atoms with van der Waals surface area (Å²) < 4.78 is 20.9. The van der Waals surface area contributed by atoms with E-state index in [4.69, 9.17) is 10.5 Å². The fourth-order valence-electron chi connectivity index (χ4n) is 2.80. The standard InChI is InChI=1S/C21H24FN5O3/c1-12(21(2,3)22)25-18-16(19(23)28)10-24-27-11-14(9-17(18)27)26-20(29)13-5-7-15(30-4)8-6-13/h5-12,25H,1-4H3,(H2,23,28)(H,26,29)/t12-/m1/s1. The second-order valence-corrected chi connectivity index (χ2v) is 7.47. The zero-order chi connectivity index (χ0) is 22.1. The highest BCUT2D eigenvalue weighted by molar-refractivity contribution is 6.06. The van der Waals surface area contributed by atoms with Crippen molar-refractivity contribution in [2.45, 2.75) is 32.5 Å². The molecule has 2 amide bonds. The summed E-state index contributed by atoms with van der Waals surface area (Å²) in [5.74, 6) is -0.372. The van der Waals surface area contributed by atoms with E-state index in [-0.39, 0.29) is 11.5 Å². The van der Waals surface area contributed by atoms with Gasteiger partial charge in [0.1, 0.15) is 11.4 Å². The van der Waals surface area contributed by atoms with Gasteiger partial charge in [0.15, 0.2) is 0 Å². The van der Waals surface area contributed by atoms with Crippen molar-refractivity contribution in [1.82, 2.24) is 9.61 Å². The molecule has 0 radical (unpaired) electrons. The Bertz CT molecular complexity index is 1090. The Balaban J connectivity index is 1.95. The molecular weight excluding hydrogens is 389 g/mol. The van der Waals surface area contributed by atoms with Gasteiger partial charge < -0.3 is 21.1 Å². The number of rotatable bonds is 7. The number of aromatic nitrogens is 2. The zero-order valence-corrected chi connectivity index (χ0v) is 17.2. The maximum atomic E-state index is 14.4. The summed E-state index contributed by atoms with van der Waals surface area (Å²) in [6.07, 6.45) is 2.91. The van der Waals surface area contributed by atoms with Crippen molar-refractivity contribution in [2.75, 3.05) is 17.7 Å². The molecule has 2 aromatic heterocycles. The predicted molar refractivity (Wildman–Crippen MR) is 113 cm³/mol. The topological polar surface area (TPSA) is 111 Å². The lowest BCUT2D eigenvalue weighted by Crippen LogP contribution is -2.36. The molecule has 0 saturated carbocycles. The van der Waals surface area contributed by atoms with Crippen LogP contribution < -0.4 is 21.1 Å². The van der Waals surface area contributed by atoms with Crippen LogP contribution in [0.1, 0.15) is 41.5 Å². The average molecular weight is 413 g/mol. The first-order valence-electron chi connectivity index (χ1n) is 9.32. The van der Waals surface area contributed by atoms with Gasteiger partial charge in [-0.2, -0.15) is 5.10 Å². The van der Waals surface area contributed by atoms with E-state index in [0.29, 0.717) is 28.2 Å². The number of carbonyl (C=O) groups is 2. The van der Waals surface area contributed by atoms with Crippen molar-refractivity contribution in [3.05, 3.63) is 53.9 Å². The highest BCUT2D eigenvalue weighted by atomic mass is 19.1. The number of hydrogen-bond donors (Lipinski definition) is 3. The fourth-order valence-corrected chi connectivity index (χ4v) is 2.80. The maximum absolute atomic E-state index is 14.4. The molecule has 0 aliphatic carbocycles. The van der Waals surface area contributed by atoms with Crippen molar-refractivity contribution in [1.29, 1.82) is 0 Å². The first-order valence-corrected chi connectivity index (χ1v) is 9.32. The molecule has 9 heteroatoms. The van der Waals surface area contributed by atoms with E-state index >= 15 is 0 Å². The molecule has 0 spiro atoms. The zero-order valence-electron chi connectivity index (χ0n) is 17.2. The Hall–Kier alpha value is -3.62. The van der Waals surface area contributed by atoms with Crippen LogP contribution in [0.25, 0.3) is 5.52 Å². The number of amides is 2. The first kappa shape index (κ1) is 21.1. The van der Waals surface area contributed by atoms with Crippen molar-refractivity contribution >= 4 is 28.7 Å². The van der Waals surface area contributed by atoms with E-state index in [2.05, 4.69) is 15.7 Å². The summed E-state index contributed by atoms with van der Waals surface area (Å²) in [5, 5.41) is 9.98. The summed E-state index contributed by atoms with van der Waals surface area (Å²) in [7, 11) is 1.55. The van der Waals surface area contributed by atoms with Crippen molar-refractivity contribution in [2.24, 2.45) is 5.73 Å². The summed E-state index contributed by atoms with van der Waals surface area (Å²) in [4.78, 5) is 24.4. The van der Waals surface area contributed by atoms with Gasteiger partial charge in [-0.3, -0.25) is 9.59 Å². The first-order chi connectivity index (χ1) is 14.1. The van der Waals surface area contributed by atoms with Gasteiger partial charge >= 0.3 is 0 Å². The Morgan fingerprint density at radius 1 is 1.27 bits per heavy atom. The highest BCUT2D eigenvalue weighted by Crippen LogP contribution is 2.28. The number of benzene rings is 1. The van der Waals surface area contributed by atoms with E-state index in [1.165, 1.54) is 24.6 Å². The third kappa shape index (κ3) is 4.35. The van der Waals surface area contributed by atoms with Gasteiger partial charge in [-0.15, -0.1) is 0 Å². The van der Waals surface area contributed by atoms with E-state index in [9.17, 15) is 14.0 Å². The Morgan fingerprint density at radius 3 is 2.50 bits per heavy atom. The quantitative estimate of drug-likeness (QED) is 0.551. The number of primary amides is 1. The van der Waals surface area contributed by atoms with Gasteiger partial charge in [0.05, 0.1) is 48.0 Å². The Labute approximate surface area is 173 Å². The number of nitrogens with zero attached hydrogens (tertiary/aromatic N) is 2. The number of methoxy groups -OCH3 is 1. The Kier molecular flexibility index (Phi) is 5.64. The van der Waals surface area contributed by atoms with Crippen LogP contribution in [0.4, 0.5) is 15.8 Å². The lowest BCUT2D eigenvalue weighted by atomic mass is 10.0. The summed E-state index contributed by atoms with van der Waals surface area (Å²) in [6.45, 7) is 4.54. The van der Waals surface area contributed by atoms with Crippen LogP contribution in [0, 0.1) is 0 Å². The van der Waals surface area contributed by atoms with Crippen LogP contribution in [0.2, 0.25) is 0 Å². The number of nitrogens with one attached hydrogen (secondary N) is 2. The molecule has 158 valence electrons. The Morgan fingerprint density at radius 2 is 1.93 bits per heavy atom. The molecule has 0 aliphatic rings. The summed E-state index contributed by atoms with van der Waals surface area (Å²) in [6, 6.07) is 7.69. The van der Waals surface area contributed by atoms with Crippen LogP contribution in [0.3, 0.4) is 0 Å². The third-order valence-corrected chi connectivity index (χ3v) is 4.90. The monoisotopic (exact) mass is 413 g/mol. The van der Waals surface area contributed by atoms with Gasteiger partial charge in [-0.05, 0) is 51.1 Å². The van der Waals surface area contributed by atoms with Gasteiger partial charge in [-0.25, -0.2) is 8.91 Å². The SMILES string of the molecule is COc1ccc(C(=O)Nc2cc3c(N[C@H](C)C(C)(C)F)c(C(N)=O)cnn3c2)cc1. The largest absolute Gasteiger partial charge is 0.497 e. The predicted octanol–water partition coefficient (Wildman–Crippen LogP) is 3.24. The number of nitrogens with two attached hydrogens (primary N) is 1. The number of halogens is 1. The highest BCUT2D eigenvalue weighted by Gasteiger charge is 2.27. The molecule has 0 fully saturated rings. The van der Waals surface area contributed by atoms with Crippen molar-refractivity contribution < 1.29 is 18.7 Å². The maximum Gasteiger partial charge on any atom is 0.255 e. The second-order valence-electron chi connectivity index (χ2n) is 7.47. The number of anilines is 2. The number of fused-ring (bicyclic) bond motifs is 1. The molecule has 1 aromatic carbocycles. The number of alkyl halides is 1. The molecule has 3 rings (SSSR count). The molecule has 0 bridgehead atoms. The minimum absolute atomic E-state index is 0.129. The third-order valence-electron chi connectivity index (χ3n) is 4.90. The molecule has 2 heterocycles. The van der Waals surface area contributed by atoms with Crippen molar-refractivity contribution in [3.63, 3.8) is 0 Å². The molecule has 3 aromatic rings. The van der Waals surface area contributed by atoms with Crippen molar-refractivity contribution in [3.8, 4) is 5.75 Å². The molecule has 4 N–H and O–H groups in total. The normalized spacial score (nSPS) is 12.4. The lowest BCUT2D eigenvalue weighted by molar-refractivity contribution is 0.0997. The molecule has 8 nitrogen and oxygen atoms in total. The summed E-state index contributed by atoms with van der Waals surface area (Å²) in [5.41, 5.74) is 5.79. The van der Waals surface area contributed by atoms with Gasteiger partial charge in [0, 0.05) is 5.56 Å². The molecule has 0 aliphatic heterocycles. The number of carbonyl (C=O) groups excluding carboxylic acids is 2. The van der Waals surface area contributed by atoms with Crippen LogP contribution in [-0.2, 0) is 0 Å². The number of hydrogen-bond acceptors (Lipinski definition) is 5.